The van der Waals surface area contributed by atoms with Crippen molar-refractivity contribution in [2.75, 3.05) is 13.2 Å². The van der Waals surface area contributed by atoms with E-state index in [9.17, 15) is 4.79 Å². The fourth-order valence-corrected chi connectivity index (χ4v) is 3.55. The second kappa shape index (κ2) is 5.95. The van der Waals surface area contributed by atoms with Gasteiger partial charge in [0.05, 0.1) is 24.7 Å². The second-order valence-corrected chi connectivity index (χ2v) is 6.59. The van der Waals surface area contributed by atoms with Crippen LogP contribution in [-0.2, 0) is 9.53 Å². The lowest BCUT2D eigenvalue weighted by Crippen LogP contribution is -2.52. The summed E-state index contributed by atoms with van der Waals surface area (Å²) in [5.41, 5.74) is 1.88. The Morgan fingerprint density at radius 1 is 1.00 bits per heavy atom. The maximum absolute atomic E-state index is 13.4. The van der Waals surface area contributed by atoms with Crippen molar-refractivity contribution in [1.29, 1.82) is 0 Å². The predicted molar refractivity (Wildman–Crippen MR) is 91.4 cm³/mol. The summed E-state index contributed by atoms with van der Waals surface area (Å²) in [4.78, 5) is 15.4. The molecular formula is C20H21NO3. The standard InChI is InChI=1S/C20H21NO3/c1-13-12-23-14(2)11-21(13)20(22)19-15-7-3-5-9-17(15)24-18-10-6-4-8-16(18)19/h3-10,13-14,19H,11-12H2,1-2H3. The van der Waals surface area contributed by atoms with Crippen LogP contribution in [0.1, 0.15) is 30.9 Å². The number of rotatable bonds is 1. The number of benzene rings is 2. The maximum Gasteiger partial charge on any atom is 0.235 e. The highest BCUT2D eigenvalue weighted by Gasteiger charge is 2.38. The molecule has 1 amide bonds. The highest BCUT2D eigenvalue weighted by atomic mass is 16.5. The molecule has 0 saturated carbocycles. The van der Waals surface area contributed by atoms with Gasteiger partial charge < -0.3 is 14.4 Å². The third kappa shape index (κ3) is 2.47. The Kier molecular flexibility index (Phi) is 3.77. The van der Waals surface area contributed by atoms with E-state index < -0.39 is 0 Å². The highest BCUT2D eigenvalue weighted by molar-refractivity contribution is 5.90. The molecule has 1 fully saturated rings. The number of carbonyl (C=O) groups is 1. The molecule has 2 heterocycles. The lowest BCUT2D eigenvalue weighted by atomic mass is 9.86. The summed E-state index contributed by atoms with van der Waals surface area (Å²) in [6.45, 7) is 5.26. The number of hydrogen-bond acceptors (Lipinski definition) is 3. The lowest BCUT2D eigenvalue weighted by molar-refractivity contribution is -0.144. The smallest absolute Gasteiger partial charge is 0.235 e. The van der Waals surface area contributed by atoms with Gasteiger partial charge in [-0.15, -0.1) is 0 Å². The first-order chi connectivity index (χ1) is 11.6. The molecule has 0 aliphatic carbocycles. The average molecular weight is 323 g/mol. The van der Waals surface area contributed by atoms with Crippen LogP contribution in [0.15, 0.2) is 48.5 Å². The maximum atomic E-state index is 13.4. The molecule has 4 heteroatoms. The molecule has 1 saturated heterocycles. The molecule has 4 rings (SSSR count). The minimum Gasteiger partial charge on any atom is -0.457 e. The van der Waals surface area contributed by atoms with Crippen LogP contribution in [0.4, 0.5) is 0 Å². The number of hydrogen-bond donors (Lipinski definition) is 0. The number of carbonyl (C=O) groups excluding carboxylic acids is 1. The van der Waals surface area contributed by atoms with Crippen LogP contribution in [0, 0.1) is 0 Å². The fraction of sp³-hybridized carbons (Fsp3) is 0.350. The summed E-state index contributed by atoms with van der Waals surface area (Å²) >= 11 is 0. The Morgan fingerprint density at radius 3 is 2.21 bits per heavy atom. The van der Waals surface area contributed by atoms with E-state index in [0.717, 1.165) is 22.6 Å². The minimum absolute atomic E-state index is 0.0653. The Hall–Kier alpha value is -2.33. The van der Waals surface area contributed by atoms with Gasteiger partial charge in [-0.05, 0) is 26.0 Å². The summed E-state index contributed by atoms with van der Waals surface area (Å²) in [5.74, 6) is 1.34. The molecule has 2 atom stereocenters. The Morgan fingerprint density at radius 2 is 1.58 bits per heavy atom. The zero-order valence-corrected chi connectivity index (χ0v) is 13.9. The van der Waals surface area contributed by atoms with E-state index in [2.05, 4.69) is 0 Å². The van der Waals surface area contributed by atoms with Gasteiger partial charge in [-0.3, -0.25) is 4.79 Å². The molecule has 2 aliphatic rings. The van der Waals surface area contributed by atoms with Crippen molar-refractivity contribution in [1.82, 2.24) is 4.90 Å². The zero-order chi connectivity index (χ0) is 16.7. The van der Waals surface area contributed by atoms with Crippen LogP contribution >= 0.6 is 0 Å². The average Bonchev–Trinajstić information content (AvgIpc) is 2.61. The monoisotopic (exact) mass is 323 g/mol. The Labute approximate surface area is 142 Å². The number of morpholine rings is 1. The molecule has 0 spiro atoms. The Balaban J connectivity index is 1.78. The lowest BCUT2D eigenvalue weighted by Gasteiger charge is -2.40. The summed E-state index contributed by atoms with van der Waals surface area (Å²) in [5, 5.41) is 0. The highest BCUT2D eigenvalue weighted by Crippen LogP contribution is 2.44. The third-order valence-corrected chi connectivity index (χ3v) is 4.82. The number of fused-ring (bicyclic) bond motifs is 2. The van der Waals surface area contributed by atoms with Crippen LogP contribution in [0.3, 0.4) is 0 Å². The molecule has 0 N–H and O–H groups in total. The predicted octanol–water partition coefficient (Wildman–Crippen LogP) is 3.56. The van der Waals surface area contributed by atoms with E-state index in [4.69, 9.17) is 9.47 Å². The summed E-state index contributed by atoms with van der Waals surface area (Å²) < 4.78 is 11.7. The molecule has 2 aromatic rings. The number of nitrogens with zero attached hydrogens (tertiary/aromatic N) is 1. The second-order valence-electron chi connectivity index (χ2n) is 6.59. The first-order valence-electron chi connectivity index (χ1n) is 8.43. The number of amides is 1. The number of ether oxygens (including phenoxy) is 2. The molecule has 2 aliphatic heterocycles. The first-order valence-corrected chi connectivity index (χ1v) is 8.43. The van der Waals surface area contributed by atoms with E-state index in [-0.39, 0.29) is 24.0 Å². The molecule has 0 bridgehead atoms. The van der Waals surface area contributed by atoms with Gasteiger partial charge in [0.15, 0.2) is 0 Å². The van der Waals surface area contributed by atoms with Gasteiger partial charge in [-0.25, -0.2) is 0 Å². The van der Waals surface area contributed by atoms with Gasteiger partial charge in [-0.2, -0.15) is 0 Å². The SMILES string of the molecule is CC1CN(C(=O)C2c3ccccc3Oc3ccccc32)C(C)CO1. The minimum atomic E-state index is -0.320. The van der Waals surface area contributed by atoms with Crippen LogP contribution in [0.5, 0.6) is 11.5 Å². The topological polar surface area (TPSA) is 38.8 Å². The molecule has 2 unspecified atom stereocenters. The van der Waals surface area contributed by atoms with E-state index in [1.165, 1.54) is 0 Å². The van der Waals surface area contributed by atoms with Crippen molar-refractivity contribution in [2.24, 2.45) is 0 Å². The van der Waals surface area contributed by atoms with Gasteiger partial charge in [0, 0.05) is 17.7 Å². The zero-order valence-electron chi connectivity index (χ0n) is 13.9. The molecule has 4 nitrogen and oxygen atoms in total. The molecule has 0 radical (unpaired) electrons. The summed E-state index contributed by atoms with van der Waals surface area (Å²) in [7, 11) is 0. The van der Waals surface area contributed by atoms with Gasteiger partial charge >= 0.3 is 0 Å². The normalized spacial score (nSPS) is 23.2. The first kappa shape index (κ1) is 15.2. The fourth-order valence-electron chi connectivity index (χ4n) is 3.55. The van der Waals surface area contributed by atoms with Gasteiger partial charge in [0.2, 0.25) is 5.91 Å². The summed E-state index contributed by atoms with van der Waals surface area (Å²) in [6.07, 6.45) is 0.0653. The van der Waals surface area contributed by atoms with Gasteiger partial charge in [-0.1, -0.05) is 36.4 Å². The van der Waals surface area contributed by atoms with Crippen molar-refractivity contribution in [3.8, 4) is 11.5 Å². The van der Waals surface area contributed by atoms with Gasteiger partial charge in [0.1, 0.15) is 11.5 Å². The van der Waals surface area contributed by atoms with Crippen molar-refractivity contribution < 1.29 is 14.3 Å². The van der Waals surface area contributed by atoms with Crippen molar-refractivity contribution in [2.45, 2.75) is 31.9 Å². The van der Waals surface area contributed by atoms with E-state index in [1.807, 2.05) is 67.3 Å². The third-order valence-electron chi connectivity index (χ3n) is 4.82. The molecule has 124 valence electrons. The quantitative estimate of drug-likeness (QED) is 0.805. The largest absolute Gasteiger partial charge is 0.457 e. The van der Waals surface area contributed by atoms with Crippen LogP contribution in [0.25, 0.3) is 0 Å². The molecule has 2 aromatic carbocycles. The van der Waals surface area contributed by atoms with Crippen molar-refractivity contribution >= 4 is 5.91 Å². The Bertz CT molecular complexity index is 727. The van der Waals surface area contributed by atoms with Crippen LogP contribution < -0.4 is 4.74 Å². The molecular weight excluding hydrogens is 302 g/mol. The van der Waals surface area contributed by atoms with E-state index >= 15 is 0 Å². The molecule has 0 aromatic heterocycles. The van der Waals surface area contributed by atoms with Crippen LogP contribution in [-0.4, -0.2) is 36.1 Å². The van der Waals surface area contributed by atoms with Crippen LogP contribution in [0.2, 0.25) is 0 Å². The summed E-state index contributed by atoms with van der Waals surface area (Å²) in [6, 6.07) is 15.7. The molecule has 24 heavy (non-hydrogen) atoms. The van der Waals surface area contributed by atoms with E-state index in [0.29, 0.717) is 13.2 Å². The van der Waals surface area contributed by atoms with E-state index in [1.54, 1.807) is 0 Å². The van der Waals surface area contributed by atoms with Crippen molar-refractivity contribution in [3.05, 3.63) is 59.7 Å². The van der Waals surface area contributed by atoms with Crippen molar-refractivity contribution in [3.63, 3.8) is 0 Å². The van der Waals surface area contributed by atoms with Gasteiger partial charge in [0.25, 0.3) is 0 Å². The number of para-hydroxylation sites is 2.